The number of non-ortho nitro benzene ring substituents is 1. The Morgan fingerprint density at radius 3 is 2.17 bits per heavy atom. The summed E-state index contributed by atoms with van der Waals surface area (Å²) in [5, 5.41) is 11.0. The van der Waals surface area contributed by atoms with Gasteiger partial charge in [-0.25, -0.2) is 0 Å². The first-order chi connectivity index (χ1) is 13.6. The molecule has 0 N–H and O–H groups in total. The van der Waals surface area contributed by atoms with Crippen molar-refractivity contribution in [3.8, 4) is 0 Å². The largest absolute Gasteiger partial charge is 0.469 e. The lowest BCUT2D eigenvalue weighted by Crippen LogP contribution is -2.38. The Hall–Kier alpha value is -2.96. The molecule has 3 atom stereocenters. The first kappa shape index (κ1) is 22.3. The number of esters is 2. The Bertz CT molecular complexity index is 832. The van der Waals surface area contributed by atoms with Gasteiger partial charge in [0.05, 0.1) is 31.0 Å². The summed E-state index contributed by atoms with van der Waals surface area (Å²) in [6.45, 7) is 6.07. The highest BCUT2D eigenvalue weighted by atomic mass is 16.6. The van der Waals surface area contributed by atoms with Gasteiger partial charge in [0.15, 0.2) is 0 Å². The second-order valence-electron chi connectivity index (χ2n) is 8.14. The van der Waals surface area contributed by atoms with E-state index in [1.165, 1.54) is 26.4 Å². The fraction of sp³-hybridized carbons (Fsp3) is 0.455. The van der Waals surface area contributed by atoms with Crippen LogP contribution in [-0.4, -0.2) is 31.1 Å². The normalized spacial score (nSPS) is 22.1. The van der Waals surface area contributed by atoms with E-state index in [4.69, 9.17) is 9.47 Å². The quantitative estimate of drug-likeness (QED) is 0.318. The van der Waals surface area contributed by atoms with E-state index >= 15 is 0 Å². The van der Waals surface area contributed by atoms with E-state index < -0.39 is 34.6 Å². The number of ether oxygens (including phenoxy) is 2. The zero-order valence-corrected chi connectivity index (χ0v) is 17.4. The van der Waals surface area contributed by atoms with Crippen molar-refractivity contribution in [3.63, 3.8) is 0 Å². The molecule has 1 aromatic rings. The van der Waals surface area contributed by atoms with Gasteiger partial charge in [-0.05, 0) is 35.1 Å². The molecule has 0 amide bonds. The number of carbonyl (C=O) groups is 2. The van der Waals surface area contributed by atoms with Gasteiger partial charge in [-0.2, -0.15) is 0 Å². The van der Waals surface area contributed by atoms with Crippen molar-refractivity contribution in [2.75, 3.05) is 14.2 Å². The van der Waals surface area contributed by atoms with Crippen LogP contribution in [0.3, 0.4) is 0 Å². The number of nitrogens with zero attached hydrogens (tertiary/aromatic N) is 1. The Morgan fingerprint density at radius 1 is 1.10 bits per heavy atom. The number of rotatable bonds is 5. The number of nitro groups is 1. The molecule has 0 saturated carbocycles. The summed E-state index contributed by atoms with van der Waals surface area (Å²) in [4.78, 5) is 35.6. The Kier molecular flexibility index (Phi) is 6.95. The molecule has 1 aromatic carbocycles. The molecule has 0 fully saturated rings. The summed E-state index contributed by atoms with van der Waals surface area (Å²) < 4.78 is 9.93. The lowest BCUT2D eigenvalue weighted by atomic mass is 9.70. The minimum Gasteiger partial charge on any atom is -0.469 e. The van der Waals surface area contributed by atoms with Crippen LogP contribution >= 0.6 is 0 Å². The maximum absolute atomic E-state index is 12.7. The number of methoxy groups -OCH3 is 2. The van der Waals surface area contributed by atoms with E-state index in [1.54, 1.807) is 12.1 Å². The first-order valence-electron chi connectivity index (χ1n) is 9.39. The van der Waals surface area contributed by atoms with Crippen molar-refractivity contribution in [2.24, 2.45) is 23.2 Å². The fourth-order valence-electron chi connectivity index (χ4n) is 3.64. The Balaban J connectivity index is 2.61. The second-order valence-corrected chi connectivity index (χ2v) is 8.14. The van der Waals surface area contributed by atoms with Crippen LogP contribution in [0.5, 0.6) is 0 Å². The predicted octanol–water partition coefficient (Wildman–Crippen LogP) is 4.18. The van der Waals surface area contributed by atoms with Gasteiger partial charge in [0.2, 0.25) is 0 Å². The lowest BCUT2D eigenvalue weighted by Gasteiger charge is -2.34. The third-order valence-electron chi connectivity index (χ3n) is 4.89. The maximum atomic E-state index is 12.7. The summed E-state index contributed by atoms with van der Waals surface area (Å²) >= 11 is 0. The van der Waals surface area contributed by atoms with Gasteiger partial charge in [0.25, 0.3) is 5.69 Å². The standard InChI is InChI=1S/C22H27NO6/c1-22(2,3)13-18(14-9-11-15(12-10-14)23(26)27)16-7-6-8-17(20(24)28-4)19(16)21(25)29-5/h6-7,9-13,16-17,19H,8H2,1-5H3/b18-13+/t16-,17-,19-/m1/s1. The molecule has 0 radical (unpaired) electrons. The number of hydrogen-bond acceptors (Lipinski definition) is 6. The van der Waals surface area contributed by atoms with E-state index in [9.17, 15) is 19.7 Å². The van der Waals surface area contributed by atoms with Gasteiger partial charge in [0.1, 0.15) is 0 Å². The summed E-state index contributed by atoms with van der Waals surface area (Å²) in [5.41, 5.74) is 1.32. The molecule has 0 spiro atoms. The third kappa shape index (κ3) is 5.31. The van der Waals surface area contributed by atoms with Crippen molar-refractivity contribution in [3.05, 3.63) is 58.2 Å². The van der Waals surface area contributed by atoms with Crippen molar-refractivity contribution in [1.82, 2.24) is 0 Å². The van der Waals surface area contributed by atoms with Crippen LogP contribution in [0, 0.1) is 33.3 Å². The highest BCUT2D eigenvalue weighted by molar-refractivity contribution is 5.86. The zero-order chi connectivity index (χ0) is 21.8. The maximum Gasteiger partial charge on any atom is 0.310 e. The van der Waals surface area contributed by atoms with Crippen molar-refractivity contribution < 1.29 is 24.0 Å². The van der Waals surface area contributed by atoms with Gasteiger partial charge >= 0.3 is 11.9 Å². The average Bonchev–Trinajstić information content (AvgIpc) is 2.69. The van der Waals surface area contributed by atoms with Crippen LogP contribution in [0.15, 0.2) is 42.5 Å². The van der Waals surface area contributed by atoms with Crippen molar-refractivity contribution in [2.45, 2.75) is 27.2 Å². The zero-order valence-electron chi connectivity index (χ0n) is 17.4. The first-order valence-corrected chi connectivity index (χ1v) is 9.39. The molecule has 0 saturated heterocycles. The fourth-order valence-corrected chi connectivity index (χ4v) is 3.64. The summed E-state index contributed by atoms with van der Waals surface area (Å²) in [7, 11) is 2.59. The summed E-state index contributed by atoms with van der Waals surface area (Å²) in [6, 6.07) is 6.20. The van der Waals surface area contributed by atoms with Gasteiger partial charge in [0, 0.05) is 18.1 Å². The lowest BCUT2D eigenvalue weighted by molar-refractivity contribution is -0.384. The summed E-state index contributed by atoms with van der Waals surface area (Å²) in [6.07, 6.45) is 6.18. The van der Waals surface area contributed by atoms with Gasteiger partial charge in [-0.3, -0.25) is 19.7 Å². The van der Waals surface area contributed by atoms with Gasteiger partial charge < -0.3 is 9.47 Å². The van der Waals surface area contributed by atoms with Crippen LogP contribution in [-0.2, 0) is 19.1 Å². The molecule has 0 aliphatic heterocycles. The van der Waals surface area contributed by atoms with Crippen LogP contribution in [0.25, 0.3) is 5.57 Å². The molecular formula is C22H27NO6. The molecular weight excluding hydrogens is 374 g/mol. The van der Waals surface area contributed by atoms with Crippen LogP contribution < -0.4 is 0 Å². The predicted molar refractivity (Wildman–Crippen MR) is 109 cm³/mol. The topological polar surface area (TPSA) is 95.7 Å². The van der Waals surface area contributed by atoms with Gasteiger partial charge in [-0.1, -0.05) is 39.0 Å². The molecule has 156 valence electrons. The number of allylic oxidation sites excluding steroid dienone is 4. The van der Waals surface area contributed by atoms with Crippen molar-refractivity contribution >= 4 is 23.2 Å². The van der Waals surface area contributed by atoms with Crippen LogP contribution in [0.1, 0.15) is 32.8 Å². The number of benzene rings is 1. The second kappa shape index (κ2) is 9.03. The van der Waals surface area contributed by atoms with Crippen LogP contribution in [0.4, 0.5) is 5.69 Å². The Labute approximate surface area is 170 Å². The minimum absolute atomic E-state index is 0.0139. The van der Waals surface area contributed by atoms with E-state index in [2.05, 4.69) is 0 Å². The van der Waals surface area contributed by atoms with Crippen molar-refractivity contribution in [1.29, 1.82) is 0 Å². The summed E-state index contributed by atoms with van der Waals surface area (Å²) in [5.74, 6) is -2.80. The van der Waals surface area contributed by atoms with E-state index in [0.29, 0.717) is 6.42 Å². The molecule has 7 heteroatoms. The molecule has 1 aliphatic carbocycles. The molecule has 0 aromatic heterocycles. The molecule has 29 heavy (non-hydrogen) atoms. The average molecular weight is 401 g/mol. The molecule has 2 rings (SSSR count). The number of carbonyl (C=O) groups excluding carboxylic acids is 2. The minimum atomic E-state index is -0.749. The molecule has 1 aliphatic rings. The highest BCUT2D eigenvalue weighted by Crippen LogP contribution is 2.42. The third-order valence-corrected chi connectivity index (χ3v) is 4.89. The molecule has 0 unspecified atom stereocenters. The van der Waals surface area contributed by atoms with Gasteiger partial charge in [-0.15, -0.1) is 0 Å². The number of hydrogen-bond donors (Lipinski definition) is 0. The molecule has 0 heterocycles. The van der Waals surface area contributed by atoms with E-state index in [-0.39, 0.29) is 11.1 Å². The highest BCUT2D eigenvalue weighted by Gasteiger charge is 2.43. The SMILES string of the molecule is COC(=O)[C@@H]1[C@@H](/C(=C/C(C)(C)C)c2ccc([N+](=O)[O-])cc2)C=CC[C@H]1C(=O)OC. The van der Waals surface area contributed by atoms with Crippen LogP contribution in [0.2, 0.25) is 0 Å². The molecule has 7 nitrogen and oxygen atoms in total. The number of nitro benzene ring substituents is 1. The smallest absolute Gasteiger partial charge is 0.310 e. The molecule has 0 bridgehead atoms. The Morgan fingerprint density at radius 2 is 1.69 bits per heavy atom. The van der Waals surface area contributed by atoms with E-state index in [0.717, 1.165) is 11.1 Å². The monoisotopic (exact) mass is 401 g/mol. The van der Waals surface area contributed by atoms with E-state index in [1.807, 2.05) is 39.0 Å².